The van der Waals surface area contributed by atoms with Crippen LogP contribution >= 0.6 is 11.6 Å². The Morgan fingerprint density at radius 1 is 1.33 bits per heavy atom. The first-order chi connectivity index (χ1) is 5.72. The fourth-order valence-corrected chi connectivity index (χ4v) is 1.00. The molecule has 0 fully saturated rings. The molecule has 1 rings (SSSR count). The highest BCUT2D eigenvalue weighted by molar-refractivity contribution is 6.27. The van der Waals surface area contributed by atoms with E-state index in [1.165, 1.54) is 0 Å². The second kappa shape index (κ2) is 4.12. The lowest BCUT2D eigenvalue weighted by molar-refractivity contribution is -0.116. The van der Waals surface area contributed by atoms with Crippen molar-refractivity contribution in [3.8, 4) is 0 Å². The Bertz CT molecular complexity index is 268. The average Bonchev–Trinajstić information content (AvgIpc) is 2.09. The Kier molecular flexibility index (Phi) is 3.11. The van der Waals surface area contributed by atoms with Crippen molar-refractivity contribution in [1.82, 2.24) is 0 Å². The lowest BCUT2D eigenvalue weighted by Gasteiger charge is -1.98. The van der Waals surface area contributed by atoms with Crippen molar-refractivity contribution in [2.75, 3.05) is 11.6 Å². The lowest BCUT2D eigenvalue weighted by atomic mass is 10.1. The van der Waals surface area contributed by atoms with Gasteiger partial charge in [-0.05, 0) is 17.7 Å². The first-order valence-corrected chi connectivity index (χ1v) is 4.18. The Morgan fingerprint density at radius 3 is 2.42 bits per heavy atom. The highest BCUT2D eigenvalue weighted by Crippen LogP contribution is 2.06. The third-order valence-electron chi connectivity index (χ3n) is 1.53. The maximum atomic E-state index is 10.9. The molecule has 3 heteroatoms. The number of carbonyl (C=O) groups excluding carboxylic acids is 1. The molecule has 0 aliphatic heterocycles. The van der Waals surface area contributed by atoms with Crippen LogP contribution in [0.25, 0.3) is 0 Å². The number of carbonyl (C=O) groups is 1. The largest absolute Gasteiger partial charge is 0.399 e. The molecular formula is C9H10ClNO. The van der Waals surface area contributed by atoms with E-state index in [1.807, 2.05) is 12.1 Å². The second-order valence-corrected chi connectivity index (χ2v) is 2.86. The molecule has 0 aliphatic rings. The first kappa shape index (κ1) is 9.07. The highest BCUT2D eigenvalue weighted by Gasteiger charge is 2.00. The minimum Gasteiger partial charge on any atom is -0.399 e. The molecule has 0 aromatic heterocycles. The van der Waals surface area contributed by atoms with Crippen LogP contribution < -0.4 is 5.73 Å². The number of ketones is 1. The summed E-state index contributed by atoms with van der Waals surface area (Å²) in [6.45, 7) is 0. The molecule has 0 unspecified atom stereocenters. The van der Waals surface area contributed by atoms with E-state index in [0.29, 0.717) is 12.1 Å². The Hall–Kier alpha value is -1.02. The molecule has 0 saturated carbocycles. The molecule has 64 valence electrons. The first-order valence-electron chi connectivity index (χ1n) is 3.64. The molecule has 0 bridgehead atoms. The third-order valence-corrected chi connectivity index (χ3v) is 1.83. The number of nitrogen functional groups attached to an aromatic ring is 1. The quantitative estimate of drug-likeness (QED) is 0.572. The summed E-state index contributed by atoms with van der Waals surface area (Å²) < 4.78 is 0. The molecule has 0 spiro atoms. The van der Waals surface area contributed by atoms with E-state index in [-0.39, 0.29) is 11.7 Å². The smallest absolute Gasteiger partial charge is 0.151 e. The van der Waals surface area contributed by atoms with Crippen molar-refractivity contribution in [3.05, 3.63) is 29.8 Å². The molecule has 0 radical (unpaired) electrons. The van der Waals surface area contributed by atoms with E-state index in [0.717, 1.165) is 5.56 Å². The fraction of sp³-hybridized carbons (Fsp3) is 0.222. The van der Waals surface area contributed by atoms with Gasteiger partial charge in [-0.3, -0.25) is 4.79 Å². The number of hydrogen-bond acceptors (Lipinski definition) is 2. The Labute approximate surface area is 76.3 Å². The van der Waals surface area contributed by atoms with Gasteiger partial charge in [-0.2, -0.15) is 0 Å². The van der Waals surface area contributed by atoms with Crippen LogP contribution in [0.1, 0.15) is 5.56 Å². The molecule has 0 heterocycles. The van der Waals surface area contributed by atoms with E-state index in [1.54, 1.807) is 12.1 Å². The molecular weight excluding hydrogens is 174 g/mol. The Morgan fingerprint density at radius 2 is 1.92 bits per heavy atom. The van der Waals surface area contributed by atoms with Crippen LogP contribution in [0.15, 0.2) is 24.3 Å². The van der Waals surface area contributed by atoms with Crippen LogP contribution in [-0.4, -0.2) is 11.7 Å². The summed E-state index contributed by atoms with van der Waals surface area (Å²) in [7, 11) is 0. The molecule has 2 nitrogen and oxygen atoms in total. The van der Waals surface area contributed by atoms with Gasteiger partial charge < -0.3 is 5.73 Å². The molecule has 0 saturated heterocycles. The van der Waals surface area contributed by atoms with Crippen LogP contribution in [0.5, 0.6) is 0 Å². The van der Waals surface area contributed by atoms with Gasteiger partial charge in [0.2, 0.25) is 0 Å². The zero-order valence-corrected chi connectivity index (χ0v) is 7.34. The predicted octanol–water partition coefficient (Wildman–Crippen LogP) is 1.62. The maximum Gasteiger partial charge on any atom is 0.151 e. The van der Waals surface area contributed by atoms with Gasteiger partial charge in [-0.15, -0.1) is 11.6 Å². The molecule has 2 N–H and O–H groups in total. The standard InChI is InChI=1S/C9H10ClNO/c10-6-9(12)5-7-1-3-8(11)4-2-7/h1-4H,5-6,11H2. The summed E-state index contributed by atoms with van der Waals surface area (Å²) in [4.78, 5) is 10.9. The van der Waals surface area contributed by atoms with Crippen molar-refractivity contribution in [2.45, 2.75) is 6.42 Å². The summed E-state index contributed by atoms with van der Waals surface area (Å²) in [5, 5.41) is 0. The fourth-order valence-electron chi connectivity index (χ4n) is 0.910. The van der Waals surface area contributed by atoms with Crippen LogP contribution in [0.3, 0.4) is 0 Å². The number of Topliss-reactive ketones (excluding diaryl/α,β-unsaturated/α-hetero) is 1. The van der Waals surface area contributed by atoms with Gasteiger partial charge in [-0.25, -0.2) is 0 Å². The summed E-state index contributed by atoms with van der Waals surface area (Å²) in [5.74, 6) is 0.103. The number of alkyl halides is 1. The third kappa shape index (κ3) is 2.55. The second-order valence-electron chi connectivity index (χ2n) is 2.59. The van der Waals surface area contributed by atoms with Gasteiger partial charge in [0.25, 0.3) is 0 Å². The van der Waals surface area contributed by atoms with Gasteiger partial charge in [0.15, 0.2) is 5.78 Å². The predicted molar refractivity (Wildman–Crippen MR) is 50.3 cm³/mol. The number of hydrogen-bond donors (Lipinski definition) is 1. The minimum absolute atomic E-state index is 0.0291. The summed E-state index contributed by atoms with van der Waals surface area (Å²) >= 11 is 5.36. The highest BCUT2D eigenvalue weighted by atomic mass is 35.5. The van der Waals surface area contributed by atoms with Crippen molar-refractivity contribution >= 4 is 23.1 Å². The summed E-state index contributed by atoms with van der Waals surface area (Å²) in [5.41, 5.74) is 7.14. The van der Waals surface area contributed by atoms with E-state index in [4.69, 9.17) is 17.3 Å². The van der Waals surface area contributed by atoms with E-state index >= 15 is 0 Å². The molecule has 0 atom stereocenters. The summed E-state index contributed by atoms with van der Waals surface area (Å²) in [6.07, 6.45) is 0.393. The van der Waals surface area contributed by atoms with E-state index < -0.39 is 0 Å². The zero-order valence-electron chi connectivity index (χ0n) is 6.59. The van der Waals surface area contributed by atoms with Gasteiger partial charge in [0, 0.05) is 12.1 Å². The number of halogens is 1. The van der Waals surface area contributed by atoms with Crippen molar-refractivity contribution < 1.29 is 4.79 Å². The van der Waals surface area contributed by atoms with Crippen LogP contribution in [0.2, 0.25) is 0 Å². The average molecular weight is 184 g/mol. The van der Waals surface area contributed by atoms with Gasteiger partial charge in [0.05, 0.1) is 5.88 Å². The van der Waals surface area contributed by atoms with Crippen molar-refractivity contribution in [1.29, 1.82) is 0 Å². The normalized spacial score (nSPS) is 9.75. The number of anilines is 1. The summed E-state index contributed by atoms with van der Waals surface area (Å²) in [6, 6.07) is 7.22. The monoisotopic (exact) mass is 183 g/mol. The minimum atomic E-state index is 0.0291. The zero-order chi connectivity index (χ0) is 8.97. The van der Waals surface area contributed by atoms with Crippen molar-refractivity contribution in [3.63, 3.8) is 0 Å². The van der Waals surface area contributed by atoms with Gasteiger partial charge in [-0.1, -0.05) is 12.1 Å². The number of benzene rings is 1. The molecule has 0 aliphatic carbocycles. The lowest BCUT2D eigenvalue weighted by Crippen LogP contribution is -2.03. The number of nitrogens with two attached hydrogens (primary N) is 1. The van der Waals surface area contributed by atoms with Crippen LogP contribution in [0, 0.1) is 0 Å². The van der Waals surface area contributed by atoms with E-state index in [2.05, 4.69) is 0 Å². The van der Waals surface area contributed by atoms with Crippen molar-refractivity contribution in [2.24, 2.45) is 0 Å². The molecule has 0 amide bonds. The van der Waals surface area contributed by atoms with Crippen LogP contribution in [-0.2, 0) is 11.2 Å². The van der Waals surface area contributed by atoms with E-state index in [9.17, 15) is 4.79 Å². The SMILES string of the molecule is Nc1ccc(CC(=O)CCl)cc1. The maximum absolute atomic E-state index is 10.9. The molecule has 1 aromatic carbocycles. The van der Waals surface area contributed by atoms with Gasteiger partial charge in [0.1, 0.15) is 0 Å². The Balaban J connectivity index is 2.64. The molecule has 1 aromatic rings. The number of rotatable bonds is 3. The topological polar surface area (TPSA) is 43.1 Å². The molecule has 12 heavy (non-hydrogen) atoms. The van der Waals surface area contributed by atoms with Gasteiger partial charge >= 0.3 is 0 Å². The van der Waals surface area contributed by atoms with Crippen LogP contribution in [0.4, 0.5) is 5.69 Å².